The van der Waals surface area contributed by atoms with Crippen LogP contribution in [0.4, 0.5) is 10.5 Å². The number of nitrogens with zero attached hydrogens (tertiary/aromatic N) is 1. The summed E-state index contributed by atoms with van der Waals surface area (Å²) in [5, 5.41) is 12.3. The van der Waals surface area contributed by atoms with E-state index in [4.69, 9.17) is 9.84 Å². The minimum atomic E-state index is -0.953. The Labute approximate surface area is 130 Å². The van der Waals surface area contributed by atoms with E-state index in [1.165, 1.54) is 0 Å². The van der Waals surface area contributed by atoms with Crippen molar-refractivity contribution in [1.29, 1.82) is 0 Å². The fourth-order valence-corrected chi connectivity index (χ4v) is 2.35. The molecule has 0 saturated carbocycles. The SMILES string of the molecule is CC(C)(C)OC(=O)N1CCC(Nc2cccc(C(=O)O)c2)C1. The summed E-state index contributed by atoms with van der Waals surface area (Å²) in [5.41, 5.74) is 0.487. The quantitative estimate of drug-likeness (QED) is 0.897. The van der Waals surface area contributed by atoms with E-state index in [1.54, 1.807) is 23.1 Å². The highest BCUT2D eigenvalue weighted by molar-refractivity contribution is 5.88. The number of likely N-dealkylation sites (tertiary alicyclic amines) is 1. The normalized spacial score (nSPS) is 18.1. The molecule has 1 aliphatic heterocycles. The van der Waals surface area contributed by atoms with E-state index in [2.05, 4.69) is 5.32 Å². The number of hydrogen-bond acceptors (Lipinski definition) is 4. The van der Waals surface area contributed by atoms with Crippen LogP contribution in [-0.2, 0) is 4.74 Å². The number of carboxylic acid groups (broad SMARTS) is 1. The third kappa shape index (κ3) is 4.38. The summed E-state index contributed by atoms with van der Waals surface area (Å²) < 4.78 is 5.35. The number of carbonyl (C=O) groups is 2. The van der Waals surface area contributed by atoms with Gasteiger partial charge in [0.05, 0.1) is 5.56 Å². The van der Waals surface area contributed by atoms with Crippen LogP contribution in [0, 0.1) is 0 Å². The maximum Gasteiger partial charge on any atom is 0.410 e. The third-order valence-corrected chi connectivity index (χ3v) is 3.32. The Kier molecular flexibility index (Phi) is 4.59. The van der Waals surface area contributed by atoms with Crippen molar-refractivity contribution >= 4 is 17.7 Å². The van der Waals surface area contributed by atoms with Crippen LogP contribution in [0.5, 0.6) is 0 Å². The molecule has 0 spiro atoms. The Hall–Kier alpha value is -2.24. The second kappa shape index (κ2) is 6.25. The monoisotopic (exact) mass is 306 g/mol. The van der Waals surface area contributed by atoms with Crippen LogP contribution in [-0.4, -0.2) is 46.8 Å². The summed E-state index contributed by atoms with van der Waals surface area (Å²) in [7, 11) is 0. The first-order valence-corrected chi connectivity index (χ1v) is 7.32. The molecule has 1 saturated heterocycles. The fraction of sp³-hybridized carbons (Fsp3) is 0.500. The van der Waals surface area contributed by atoms with Crippen molar-refractivity contribution in [3.63, 3.8) is 0 Å². The number of nitrogens with one attached hydrogen (secondary N) is 1. The van der Waals surface area contributed by atoms with Gasteiger partial charge in [0, 0.05) is 24.8 Å². The topological polar surface area (TPSA) is 78.9 Å². The molecule has 1 heterocycles. The molecule has 0 aromatic heterocycles. The molecule has 22 heavy (non-hydrogen) atoms. The van der Waals surface area contributed by atoms with Gasteiger partial charge in [0.1, 0.15) is 5.60 Å². The minimum absolute atomic E-state index is 0.0940. The van der Waals surface area contributed by atoms with Crippen molar-refractivity contribution in [3.05, 3.63) is 29.8 Å². The lowest BCUT2D eigenvalue weighted by atomic mass is 10.2. The lowest BCUT2D eigenvalue weighted by molar-refractivity contribution is 0.0293. The highest BCUT2D eigenvalue weighted by Crippen LogP contribution is 2.19. The van der Waals surface area contributed by atoms with Crippen LogP contribution in [0.2, 0.25) is 0 Å². The predicted molar refractivity (Wildman–Crippen MR) is 83.2 cm³/mol. The van der Waals surface area contributed by atoms with Gasteiger partial charge in [-0.2, -0.15) is 0 Å². The van der Waals surface area contributed by atoms with Crippen LogP contribution in [0.1, 0.15) is 37.6 Å². The van der Waals surface area contributed by atoms with Crippen LogP contribution in [0.3, 0.4) is 0 Å². The van der Waals surface area contributed by atoms with Gasteiger partial charge in [0.15, 0.2) is 0 Å². The Morgan fingerprint density at radius 3 is 2.73 bits per heavy atom. The number of hydrogen-bond donors (Lipinski definition) is 2. The van der Waals surface area contributed by atoms with Gasteiger partial charge >= 0.3 is 12.1 Å². The van der Waals surface area contributed by atoms with Crippen molar-refractivity contribution in [3.8, 4) is 0 Å². The first-order chi connectivity index (χ1) is 10.2. The van der Waals surface area contributed by atoms with E-state index < -0.39 is 11.6 Å². The van der Waals surface area contributed by atoms with Gasteiger partial charge in [-0.25, -0.2) is 9.59 Å². The van der Waals surface area contributed by atoms with Gasteiger partial charge < -0.3 is 20.1 Å². The van der Waals surface area contributed by atoms with Crippen molar-refractivity contribution in [2.45, 2.75) is 38.8 Å². The molecule has 1 aliphatic rings. The zero-order chi connectivity index (χ0) is 16.3. The van der Waals surface area contributed by atoms with Crippen molar-refractivity contribution in [1.82, 2.24) is 4.90 Å². The summed E-state index contributed by atoms with van der Waals surface area (Å²) >= 11 is 0. The van der Waals surface area contributed by atoms with E-state index in [1.807, 2.05) is 26.8 Å². The molecule has 1 atom stereocenters. The van der Waals surface area contributed by atoms with E-state index in [0.717, 1.165) is 12.1 Å². The number of rotatable bonds is 3. The van der Waals surface area contributed by atoms with Gasteiger partial charge in [-0.1, -0.05) is 6.07 Å². The Morgan fingerprint density at radius 1 is 1.36 bits per heavy atom. The number of carbonyl (C=O) groups excluding carboxylic acids is 1. The Balaban J connectivity index is 1.92. The fourth-order valence-electron chi connectivity index (χ4n) is 2.35. The molecule has 120 valence electrons. The molecule has 1 aromatic carbocycles. The van der Waals surface area contributed by atoms with E-state index in [-0.39, 0.29) is 17.7 Å². The number of ether oxygens (including phenoxy) is 1. The van der Waals surface area contributed by atoms with Crippen molar-refractivity contribution < 1.29 is 19.4 Å². The highest BCUT2D eigenvalue weighted by atomic mass is 16.6. The first kappa shape index (κ1) is 16.1. The molecule has 2 rings (SSSR count). The van der Waals surface area contributed by atoms with Gasteiger partial charge in [-0.3, -0.25) is 0 Å². The van der Waals surface area contributed by atoms with Crippen molar-refractivity contribution in [2.75, 3.05) is 18.4 Å². The smallest absolute Gasteiger partial charge is 0.410 e. The van der Waals surface area contributed by atoms with Gasteiger partial charge in [-0.05, 0) is 45.4 Å². The lowest BCUT2D eigenvalue weighted by Gasteiger charge is -2.24. The molecule has 2 N–H and O–H groups in total. The third-order valence-electron chi connectivity index (χ3n) is 3.32. The molecule has 0 aliphatic carbocycles. The van der Waals surface area contributed by atoms with Crippen LogP contribution < -0.4 is 5.32 Å². The van der Waals surface area contributed by atoms with Gasteiger partial charge in [0.25, 0.3) is 0 Å². The van der Waals surface area contributed by atoms with E-state index in [9.17, 15) is 9.59 Å². The maximum atomic E-state index is 12.0. The number of carboxylic acids is 1. The number of aromatic carboxylic acids is 1. The predicted octanol–water partition coefficient (Wildman–Crippen LogP) is 2.81. The summed E-state index contributed by atoms with van der Waals surface area (Å²) in [5.74, 6) is -0.953. The van der Waals surface area contributed by atoms with Gasteiger partial charge in [-0.15, -0.1) is 0 Å². The zero-order valence-corrected chi connectivity index (χ0v) is 13.1. The standard InChI is InChI=1S/C16H22N2O4/c1-16(2,3)22-15(21)18-8-7-13(10-18)17-12-6-4-5-11(9-12)14(19)20/h4-6,9,13,17H,7-8,10H2,1-3H3,(H,19,20). The maximum absolute atomic E-state index is 12.0. The average Bonchev–Trinajstić information content (AvgIpc) is 2.85. The van der Waals surface area contributed by atoms with Crippen LogP contribution >= 0.6 is 0 Å². The molecule has 0 radical (unpaired) electrons. The molecule has 1 fully saturated rings. The number of benzene rings is 1. The molecule has 0 bridgehead atoms. The number of amides is 1. The van der Waals surface area contributed by atoms with Crippen molar-refractivity contribution in [2.24, 2.45) is 0 Å². The summed E-state index contributed by atoms with van der Waals surface area (Å²) in [6.45, 7) is 6.70. The molecule has 6 heteroatoms. The van der Waals surface area contributed by atoms with E-state index in [0.29, 0.717) is 13.1 Å². The average molecular weight is 306 g/mol. The zero-order valence-electron chi connectivity index (χ0n) is 13.1. The first-order valence-electron chi connectivity index (χ1n) is 7.32. The second-order valence-corrected chi connectivity index (χ2v) is 6.44. The summed E-state index contributed by atoms with van der Waals surface area (Å²) in [6.07, 6.45) is 0.493. The van der Waals surface area contributed by atoms with Crippen LogP contribution in [0.25, 0.3) is 0 Å². The molecule has 1 aromatic rings. The largest absolute Gasteiger partial charge is 0.478 e. The molecule has 1 unspecified atom stereocenters. The molecule has 6 nitrogen and oxygen atoms in total. The Bertz CT molecular complexity index is 566. The summed E-state index contributed by atoms with van der Waals surface area (Å²) in [4.78, 5) is 24.6. The summed E-state index contributed by atoms with van der Waals surface area (Å²) in [6, 6.07) is 6.76. The number of anilines is 1. The minimum Gasteiger partial charge on any atom is -0.478 e. The van der Waals surface area contributed by atoms with Gasteiger partial charge in [0.2, 0.25) is 0 Å². The molecular formula is C16H22N2O4. The second-order valence-electron chi connectivity index (χ2n) is 6.44. The van der Waals surface area contributed by atoms with E-state index >= 15 is 0 Å². The Morgan fingerprint density at radius 2 is 2.09 bits per heavy atom. The molecular weight excluding hydrogens is 284 g/mol. The highest BCUT2D eigenvalue weighted by Gasteiger charge is 2.29. The molecule has 1 amide bonds. The lowest BCUT2D eigenvalue weighted by Crippen LogP contribution is -2.36. The van der Waals surface area contributed by atoms with Crippen LogP contribution in [0.15, 0.2) is 24.3 Å².